The van der Waals surface area contributed by atoms with Crippen molar-refractivity contribution < 1.29 is 0 Å². The average molecular weight is 285 g/mol. The highest BCUT2D eigenvalue weighted by Gasteiger charge is 2.35. The van der Waals surface area contributed by atoms with Crippen molar-refractivity contribution in [3.05, 3.63) is 77.5 Å². The molecule has 0 aliphatic heterocycles. The number of rotatable bonds is 1. The lowest BCUT2D eigenvalue weighted by atomic mass is 9.81. The lowest BCUT2D eigenvalue weighted by Gasteiger charge is -2.22. The van der Waals surface area contributed by atoms with Crippen molar-refractivity contribution in [2.24, 2.45) is 0 Å². The molecular weight excluding hydrogens is 266 g/mol. The molecule has 3 aromatic rings. The van der Waals surface area contributed by atoms with Crippen LogP contribution in [0.1, 0.15) is 30.5 Å². The van der Waals surface area contributed by atoms with E-state index in [9.17, 15) is 0 Å². The summed E-state index contributed by atoms with van der Waals surface area (Å²) in [4.78, 5) is 4.53. The molecule has 0 amide bonds. The highest BCUT2D eigenvalue weighted by atomic mass is 14.7. The molecule has 0 radical (unpaired) electrons. The summed E-state index contributed by atoms with van der Waals surface area (Å²) in [6.07, 6.45) is 1.86. The van der Waals surface area contributed by atoms with Crippen LogP contribution in [0.25, 0.3) is 22.4 Å². The van der Waals surface area contributed by atoms with Crippen LogP contribution in [0.5, 0.6) is 0 Å². The van der Waals surface area contributed by atoms with Gasteiger partial charge >= 0.3 is 0 Å². The maximum atomic E-state index is 4.53. The fourth-order valence-electron chi connectivity index (χ4n) is 3.65. The van der Waals surface area contributed by atoms with Gasteiger partial charge in [0.25, 0.3) is 0 Å². The number of hydrogen-bond donors (Lipinski definition) is 0. The van der Waals surface area contributed by atoms with Gasteiger partial charge in [-0.05, 0) is 52.9 Å². The zero-order valence-corrected chi connectivity index (χ0v) is 13.2. The minimum Gasteiger partial charge on any atom is -0.256 e. The van der Waals surface area contributed by atoms with Gasteiger partial charge in [0.05, 0.1) is 5.69 Å². The van der Waals surface area contributed by atoms with E-state index >= 15 is 0 Å². The lowest BCUT2D eigenvalue weighted by molar-refractivity contribution is 0.660. The summed E-state index contributed by atoms with van der Waals surface area (Å²) in [5.74, 6) is 0. The quantitative estimate of drug-likeness (QED) is 0.586. The highest BCUT2D eigenvalue weighted by Crippen LogP contribution is 2.50. The molecule has 1 aliphatic rings. The minimum absolute atomic E-state index is 0.0448. The summed E-state index contributed by atoms with van der Waals surface area (Å²) >= 11 is 0. The Morgan fingerprint density at radius 1 is 0.773 bits per heavy atom. The Balaban J connectivity index is 2.00. The first kappa shape index (κ1) is 13.3. The topological polar surface area (TPSA) is 12.9 Å². The van der Waals surface area contributed by atoms with Gasteiger partial charge in [0.2, 0.25) is 0 Å². The fourth-order valence-corrected chi connectivity index (χ4v) is 3.65. The zero-order valence-electron chi connectivity index (χ0n) is 13.2. The van der Waals surface area contributed by atoms with E-state index in [1.807, 2.05) is 12.3 Å². The van der Waals surface area contributed by atoms with Gasteiger partial charge in [-0.25, -0.2) is 0 Å². The second-order valence-electron chi connectivity index (χ2n) is 6.60. The van der Waals surface area contributed by atoms with Crippen LogP contribution in [-0.4, -0.2) is 4.98 Å². The van der Waals surface area contributed by atoms with Crippen molar-refractivity contribution in [1.29, 1.82) is 0 Å². The SMILES string of the molecule is Cc1cc2c(cc1-c1ccccn1)C(C)(C)c1ccccc1-2. The van der Waals surface area contributed by atoms with E-state index < -0.39 is 0 Å². The summed E-state index contributed by atoms with van der Waals surface area (Å²) in [6, 6.07) is 19.5. The molecule has 1 nitrogen and oxygen atoms in total. The van der Waals surface area contributed by atoms with Gasteiger partial charge in [0, 0.05) is 17.2 Å². The van der Waals surface area contributed by atoms with Crippen molar-refractivity contribution >= 4 is 0 Å². The average Bonchev–Trinajstić information content (AvgIpc) is 2.76. The Labute approximate surface area is 131 Å². The van der Waals surface area contributed by atoms with E-state index in [1.165, 1.54) is 33.4 Å². The van der Waals surface area contributed by atoms with Crippen molar-refractivity contribution in [3.8, 4) is 22.4 Å². The molecule has 2 aromatic carbocycles. The molecule has 22 heavy (non-hydrogen) atoms. The Morgan fingerprint density at radius 2 is 1.55 bits per heavy atom. The van der Waals surface area contributed by atoms with Gasteiger partial charge in [0.15, 0.2) is 0 Å². The Bertz CT molecular complexity index is 860. The van der Waals surface area contributed by atoms with Gasteiger partial charge in [-0.1, -0.05) is 50.2 Å². The standard InChI is InChI=1S/C21H19N/c1-14-12-17-15-8-4-5-9-18(15)21(2,3)19(17)13-16(14)20-10-6-7-11-22-20/h4-13H,1-3H3. The van der Waals surface area contributed by atoms with Gasteiger partial charge in [-0.3, -0.25) is 4.98 Å². The fraction of sp³-hybridized carbons (Fsp3) is 0.190. The third-order valence-electron chi connectivity index (χ3n) is 4.87. The van der Waals surface area contributed by atoms with Crippen LogP contribution in [-0.2, 0) is 5.41 Å². The number of nitrogens with zero attached hydrogens (tertiary/aromatic N) is 1. The summed E-state index contributed by atoms with van der Waals surface area (Å²) in [7, 11) is 0. The van der Waals surface area contributed by atoms with E-state index in [2.05, 4.69) is 74.3 Å². The van der Waals surface area contributed by atoms with E-state index in [4.69, 9.17) is 0 Å². The third kappa shape index (κ3) is 1.75. The van der Waals surface area contributed by atoms with Crippen molar-refractivity contribution in [3.63, 3.8) is 0 Å². The molecule has 0 saturated carbocycles. The Morgan fingerprint density at radius 3 is 2.32 bits per heavy atom. The maximum Gasteiger partial charge on any atom is 0.0704 e. The number of aryl methyl sites for hydroxylation is 1. The second-order valence-corrected chi connectivity index (χ2v) is 6.60. The molecule has 1 heterocycles. The monoisotopic (exact) mass is 285 g/mol. The molecule has 0 saturated heterocycles. The molecule has 0 fully saturated rings. The maximum absolute atomic E-state index is 4.53. The van der Waals surface area contributed by atoms with Crippen LogP contribution in [0, 0.1) is 6.92 Å². The van der Waals surface area contributed by atoms with Crippen LogP contribution < -0.4 is 0 Å². The Kier molecular flexibility index (Phi) is 2.74. The first-order chi connectivity index (χ1) is 10.6. The summed E-state index contributed by atoms with van der Waals surface area (Å²) in [5, 5.41) is 0. The molecule has 1 heteroatoms. The zero-order chi connectivity index (χ0) is 15.3. The number of aromatic nitrogens is 1. The molecule has 0 spiro atoms. The number of pyridine rings is 1. The van der Waals surface area contributed by atoms with Crippen LogP contribution in [0.3, 0.4) is 0 Å². The normalized spacial score (nSPS) is 14.5. The first-order valence-electron chi connectivity index (χ1n) is 7.75. The number of fused-ring (bicyclic) bond motifs is 3. The molecule has 1 aromatic heterocycles. The van der Waals surface area contributed by atoms with Crippen LogP contribution in [0.15, 0.2) is 60.8 Å². The summed E-state index contributed by atoms with van der Waals surface area (Å²) in [5.41, 5.74) is 9.18. The first-order valence-corrected chi connectivity index (χ1v) is 7.75. The predicted octanol–water partition coefficient (Wildman–Crippen LogP) is 5.36. The van der Waals surface area contributed by atoms with E-state index in [0.29, 0.717) is 0 Å². The number of benzene rings is 2. The molecule has 4 rings (SSSR count). The molecule has 1 aliphatic carbocycles. The van der Waals surface area contributed by atoms with Crippen molar-refractivity contribution in [1.82, 2.24) is 4.98 Å². The third-order valence-corrected chi connectivity index (χ3v) is 4.87. The molecule has 0 N–H and O–H groups in total. The molecule has 108 valence electrons. The predicted molar refractivity (Wildman–Crippen MR) is 92.0 cm³/mol. The second kappa shape index (κ2) is 4.54. The summed E-state index contributed by atoms with van der Waals surface area (Å²) in [6.45, 7) is 6.81. The Hall–Kier alpha value is -2.41. The van der Waals surface area contributed by atoms with Crippen molar-refractivity contribution in [2.75, 3.05) is 0 Å². The van der Waals surface area contributed by atoms with Crippen LogP contribution >= 0.6 is 0 Å². The van der Waals surface area contributed by atoms with Crippen molar-refractivity contribution in [2.45, 2.75) is 26.2 Å². The van der Waals surface area contributed by atoms with Crippen LogP contribution in [0.2, 0.25) is 0 Å². The molecule has 0 unspecified atom stereocenters. The van der Waals surface area contributed by atoms with Gasteiger partial charge < -0.3 is 0 Å². The highest BCUT2D eigenvalue weighted by molar-refractivity contribution is 5.84. The van der Waals surface area contributed by atoms with Gasteiger partial charge in [-0.2, -0.15) is 0 Å². The van der Waals surface area contributed by atoms with Gasteiger partial charge in [-0.15, -0.1) is 0 Å². The molecular formula is C21H19N. The summed E-state index contributed by atoms with van der Waals surface area (Å²) < 4.78 is 0. The number of hydrogen-bond acceptors (Lipinski definition) is 1. The molecule has 0 atom stereocenters. The molecule has 0 bridgehead atoms. The van der Waals surface area contributed by atoms with Crippen LogP contribution in [0.4, 0.5) is 0 Å². The lowest BCUT2D eigenvalue weighted by Crippen LogP contribution is -2.15. The van der Waals surface area contributed by atoms with Gasteiger partial charge in [0.1, 0.15) is 0 Å². The largest absolute Gasteiger partial charge is 0.256 e. The van der Waals surface area contributed by atoms with E-state index in [0.717, 1.165) is 5.69 Å². The minimum atomic E-state index is 0.0448. The van der Waals surface area contributed by atoms with E-state index in [1.54, 1.807) is 0 Å². The smallest absolute Gasteiger partial charge is 0.0704 e. The van der Waals surface area contributed by atoms with E-state index in [-0.39, 0.29) is 5.41 Å².